The molecule has 1 atom stereocenters. The highest BCUT2D eigenvalue weighted by atomic mass is 35.5. The van der Waals surface area contributed by atoms with Gasteiger partial charge in [0, 0.05) is 17.1 Å². The summed E-state index contributed by atoms with van der Waals surface area (Å²) in [5, 5.41) is 20.9. The third-order valence-electron chi connectivity index (χ3n) is 5.65. The van der Waals surface area contributed by atoms with Crippen molar-refractivity contribution in [2.24, 2.45) is 0 Å². The third kappa shape index (κ3) is 6.53. The molecule has 8 nitrogen and oxygen atoms in total. The van der Waals surface area contributed by atoms with E-state index in [-0.39, 0.29) is 11.5 Å². The minimum Gasteiger partial charge on any atom is -0.493 e. The number of fused-ring (bicyclic) bond motifs is 1. The van der Waals surface area contributed by atoms with E-state index in [1.165, 1.54) is 37.8 Å². The van der Waals surface area contributed by atoms with Crippen molar-refractivity contribution in [3.8, 4) is 17.2 Å². The van der Waals surface area contributed by atoms with Crippen LogP contribution >= 0.6 is 11.6 Å². The minimum absolute atomic E-state index is 0.166. The summed E-state index contributed by atoms with van der Waals surface area (Å²) in [5.74, 6) is -0.303. The Labute approximate surface area is 216 Å². The Morgan fingerprint density at radius 1 is 1.22 bits per heavy atom. The van der Waals surface area contributed by atoms with Gasteiger partial charge in [-0.3, -0.25) is 5.10 Å². The van der Waals surface area contributed by atoms with E-state index in [0.717, 1.165) is 33.1 Å². The minimum atomic E-state index is -4.54. The van der Waals surface area contributed by atoms with E-state index in [0.29, 0.717) is 17.3 Å². The molecule has 0 saturated carbocycles. The lowest BCUT2D eigenvalue weighted by Crippen LogP contribution is -2.10. The number of ether oxygens (including phenoxy) is 2. The van der Waals surface area contributed by atoms with Gasteiger partial charge in [-0.1, -0.05) is 31.5 Å². The van der Waals surface area contributed by atoms with Crippen molar-refractivity contribution in [1.29, 1.82) is 0 Å². The van der Waals surface area contributed by atoms with E-state index in [4.69, 9.17) is 26.2 Å². The molecule has 2 N–H and O–H groups in total. The number of methoxy groups -OCH3 is 1. The Bertz CT molecular complexity index is 1380. The summed E-state index contributed by atoms with van der Waals surface area (Å²) in [7, 11) is 1.34. The van der Waals surface area contributed by atoms with Gasteiger partial charge in [-0.2, -0.15) is 23.4 Å². The zero-order valence-electron chi connectivity index (χ0n) is 20.6. The van der Waals surface area contributed by atoms with Gasteiger partial charge >= 0.3 is 12.1 Å². The average Bonchev–Trinajstić information content (AvgIpc) is 3.50. The predicted octanol–water partition coefficient (Wildman–Crippen LogP) is 6.40. The standard InChI is InChI=1S/C14H13F3N2O4.C11H13ClN2/c1-8-5-12(14(15,16)17)18-19(8)9-3-4-10(11(6-9)22-2)23-7-13(20)21;1-3-7(2)8-4-5-10-9(11(8)12)6-13-14-10/h3-6H,7H2,1-2H3,(H,20,21);4-7H,3H2,1-2H3,(H,13,14). The molecule has 0 aliphatic rings. The lowest BCUT2D eigenvalue weighted by molar-refractivity contribution is -0.141. The number of carbonyl (C=O) groups is 1. The number of H-pyrrole nitrogens is 1. The van der Waals surface area contributed by atoms with Crippen LogP contribution < -0.4 is 9.47 Å². The van der Waals surface area contributed by atoms with Gasteiger partial charge < -0.3 is 14.6 Å². The third-order valence-corrected chi connectivity index (χ3v) is 6.07. The zero-order chi connectivity index (χ0) is 27.3. The van der Waals surface area contributed by atoms with Gasteiger partial charge in [0.1, 0.15) is 0 Å². The summed E-state index contributed by atoms with van der Waals surface area (Å²) < 4.78 is 49.3. The van der Waals surface area contributed by atoms with Gasteiger partial charge in [0.2, 0.25) is 0 Å². The van der Waals surface area contributed by atoms with Crippen LogP contribution in [-0.4, -0.2) is 44.8 Å². The Morgan fingerprint density at radius 2 is 1.95 bits per heavy atom. The van der Waals surface area contributed by atoms with Crippen LogP contribution in [0.3, 0.4) is 0 Å². The molecule has 4 rings (SSSR count). The second-order valence-corrected chi connectivity index (χ2v) is 8.59. The number of aliphatic carboxylic acids is 1. The summed E-state index contributed by atoms with van der Waals surface area (Å²) in [5.41, 5.74) is 1.83. The van der Waals surface area contributed by atoms with Crippen LogP contribution in [0, 0.1) is 6.92 Å². The van der Waals surface area contributed by atoms with Crippen LogP contribution in [0.5, 0.6) is 11.5 Å². The van der Waals surface area contributed by atoms with Crippen LogP contribution in [0.2, 0.25) is 5.02 Å². The Hall–Kier alpha value is -3.73. The normalized spacial score (nSPS) is 12.1. The molecule has 0 bridgehead atoms. The Balaban J connectivity index is 0.000000231. The molecule has 0 aliphatic heterocycles. The molecule has 2 aromatic carbocycles. The molecule has 2 aromatic heterocycles. The van der Waals surface area contributed by atoms with Gasteiger partial charge in [-0.25, -0.2) is 9.48 Å². The molecule has 1 unspecified atom stereocenters. The van der Waals surface area contributed by atoms with E-state index < -0.39 is 24.4 Å². The van der Waals surface area contributed by atoms with Crippen molar-refractivity contribution in [3.63, 3.8) is 0 Å². The monoisotopic (exact) mass is 538 g/mol. The maximum atomic E-state index is 12.7. The van der Waals surface area contributed by atoms with Crippen LogP contribution in [0.15, 0.2) is 42.6 Å². The first-order chi connectivity index (χ1) is 17.5. The van der Waals surface area contributed by atoms with E-state index in [9.17, 15) is 18.0 Å². The number of carboxylic acid groups (broad SMARTS) is 1. The highest BCUT2D eigenvalue weighted by molar-refractivity contribution is 6.36. The van der Waals surface area contributed by atoms with E-state index in [2.05, 4.69) is 35.2 Å². The summed E-state index contributed by atoms with van der Waals surface area (Å²) in [6.07, 6.45) is -1.66. The number of benzene rings is 2. The number of hydrogen-bond acceptors (Lipinski definition) is 5. The van der Waals surface area contributed by atoms with Gasteiger partial charge in [-0.05, 0) is 49.1 Å². The van der Waals surface area contributed by atoms with Crippen molar-refractivity contribution >= 4 is 28.5 Å². The van der Waals surface area contributed by atoms with Crippen molar-refractivity contribution in [1.82, 2.24) is 20.0 Å². The number of alkyl halides is 3. The molecule has 4 aromatic rings. The van der Waals surface area contributed by atoms with E-state index in [1.54, 1.807) is 6.20 Å². The summed E-state index contributed by atoms with van der Waals surface area (Å²) >= 11 is 6.30. The summed E-state index contributed by atoms with van der Waals surface area (Å²) in [6, 6.07) is 9.33. The SMILES string of the molecule is CCC(C)c1ccc2[nH]ncc2c1Cl.COc1cc(-n2nc(C(F)(F)F)cc2C)ccc1OCC(=O)O. The highest BCUT2D eigenvalue weighted by Gasteiger charge is 2.34. The van der Waals surface area contributed by atoms with E-state index >= 15 is 0 Å². The first-order valence-electron chi connectivity index (χ1n) is 11.2. The molecular formula is C25H26ClF3N4O4. The van der Waals surface area contributed by atoms with Gasteiger partial charge in [-0.15, -0.1) is 0 Å². The fraction of sp³-hybridized carbons (Fsp3) is 0.320. The topological polar surface area (TPSA) is 102 Å². The first kappa shape index (κ1) is 27.9. The largest absolute Gasteiger partial charge is 0.493 e. The summed E-state index contributed by atoms with van der Waals surface area (Å²) in [6.45, 7) is 5.28. The van der Waals surface area contributed by atoms with Gasteiger partial charge in [0.25, 0.3) is 0 Å². The fourth-order valence-corrected chi connectivity index (χ4v) is 3.92. The maximum absolute atomic E-state index is 12.7. The van der Waals surface area contributed by atoms with E-state index in [1.807, 2.05) is 6.07 Å². The number of aryl methyl sites for hydroxylation is 1. The van der Waals surface area contributed by atoms with Gasteiger partial charge in [0.05, 0.1) is 29.5 Å². The first-order valence-corrected chi connectivity index (χ1v) is 11.6. The van der Waals surface area contributed by atoms with Crippen LogP contribution in [0.25, 0.3) is 16.6 Å². The lowest BCUT2D eigenvalue weighted by atomic mass is 9.97. The molecular weight excluding hydrogens is 513 g/mol. The molecule has 198 valence electrons. The predicted molar refractivity (Wildman–Crippen MR) is 133 cm³/mol. The number of nitrogens with zero attached hydrogens (tertiary/aromatic N) is 3. The number of nitrogens with one attached hydrogen (secondary N) is 1. The van der Waals surface area contributed by atoms with Crippen LogP contribution in [-0.2, 0) is 11.0 Å². The number of rotatable bonds is 7. The quantitative estimate of drug-likeness (QED) is 0.282. The molecule has 0 fully saturated rings. The fourth-order valence-electron chi connectivity index (χ4n) is 3.52. The van der Waals surface area contributed by atoms with Crippen molar-refractivity contribution in [2.45, 2.75) is 39.3 Å². The number of aromatic amines is 1. The molecule has 2 heterocycles. The maximum Gasteiger partial charge on any atom is 0.435 e. The molecule has 0 radical (unpaired) electrons. The summed E-state index contributed by atoms with van der Waals surface area (Å²) in [4.78, 5) is 10.5. The molecule has 37 heavy (non-hydrogen) atoms. The van der Waals surface area contributed by atoms with Crippen molar-refractivity contribution in [2.75, 3.05) is 13.7 Å². The number of carboxylic acids is 1. The second kappa shape index (κ2) is 11.5. The van der Waals surface area contributed by atoms with Crippen LogP contribution in [0.1, 0.15) is 43.1 Å². The molecule has 0 aliphatic carbocycles. The highest BCUT2D eigenvalue weighted by Crippen LogP contribution is 2.33. The number of halogens is 4. The van der Waals surface area contributed by atoms with Crippen molar-refractivity contribution in [3.05, 3.63) is 64.6 Å². The zero-order valence-corrected chi connectivity index (χ0v) is 21.3. The smallest absolute Gasteiger partial charge is 0.435 e. The van der Waals surface area contributed by atoms with Gasteiger partial charge in [0.15, 0.2) is 23.8 Å². The van der Waals surface area contributed by atoms with Crippen molar-refractivity contribution < 1.29 is 32.5 Å². The molecule has 0 spiro atoms. The Morgan fingerprint density at radius 3 is 2.54 bits per heavy atom. The molecule has 0 saturated heterocycles. The Kier molecular flexibility index (Phi) is 8.69. The van der Waals surface area contributed by atoms with Crippen LogP contribution in [0.4, 0.5) is 13.2 Å². The number of aromatic nitrogens is 4. The average molecular weight is 539 g/mol. The number of hydrogen-bond donors (Lipinski definition) is 2. The second-order valence-electron chi connectivity index (χ2n) is 8.21. The molecule has 0 amide bonds. The molecule has 12 heteroatoms. The lowest BCUT2D eigenvalue weighted by Gasteiger charge is -2.12.